The van der Waals surface area contributed by atoms with Crippen molar-refractivity contribution >= 4 is 10.1 Å². The molecule has 3 nitrogen and oxygen atoms in total. The van der Waals surface area contributed by atoms with E-state index in [9.17, 15) is 26.0 Å². The van der Waals surface area contributed by atoms with E-state index in [0.717, 1.165) is 6.07 Å². The molecule has 0 heterocycles. The van der Waals surface area contributed by atoms with Crippen LogP contribution in [0.25, 0.3) is 0 Å². The average Bonchev–Trinajstić information content (AvgIpc) is 2.40. The first-order valence-corrected chi connectivity index (χ1v) is 7.39. The zero-order valence-electron chi connectivity index (χ0n) is 11.2. The molecule has 118 valence electrons. The van der Waals surface area contributed by atoms with E-state index in [1.54, 1.807) is 19.1 Å². The van der Waals surface area contributed by atoms with E-state index in [4.69, 9.17) is 4.18 Å². The summed E-state index contributed by atoms with van der Waals surface area (Å²) < 4.78 is 80.0. The van der Waals surface area contributed by atoms with E-state index in [-0.39, 0.29) is 11.8 Å². The third kappa shape index (κ3) is 3.38. The van der Waals surface area contributed by atoms with Gasteiger partial charge in [0.1, 0.15) is 16.5 Å². The van der Waals surface area contributed by atoms with Gasteiger partial charge in [-0.1, -0.05) is 18.2 Å². The van der Waals surface area contributed by atoms with Crippen molar-refractivity contribution in [2.24, 2.45) is 0 Å². The Kier molecular flexibility index (Phi) is 4.15. The second-order valence-electron chi connectivity index (χ2n) is 4.44. The number of rotatable bonds is 3. The third-order valence-corrected chi connectivity index (χ3v) is 4.06. The lowest BCUT2D eigenvalue weighted by Crippen LogP contribution is -2.14. The molecule has 0 amide bonds. The summed E-state index contributed by atoms with van der Waals surface area (Å²) in [5.41, 5.74) is -1.17. The third-order valence-electron chi connectivity index (χ3n) is 2.82. The van der Waals surface area contributed by atoms with Crippen molar-refractivity contribution in [2.75, 3.05) is 0 Å². The lowest BCUT2D eigenvalue weighted by Gasteiger charge is -2.12. The maximum absolute atomic E-state index is 13.2. The Balaban J connectivity index is 2.45. The molecule has 0 saturated heterocycles. The van der Waals surface area contributed by atoms with E-state index in [1.165, 1.54) is 12.1 Å². The fourth-order valence-corrected chi connectivity index (χ4v) is 2.71. The Hall–Kier alpha value is -2.09. The summed E-state index contributed by atoms with van der Waals surface area (Å²) in [5.74, 6) is -1.57. The Morgan fingerprint density at radius 1 is 1.05 bits per heavy atom. The molecule has 0 unspecified atom stereocenters. The van der Waals surface area contributed by atoms with Crippen LogP contribution >= 0.6 is 0 Å². The number of para-hydroxylation sites is 1. The molecule has 0 aromatic heterocycles. The van der Waals surface area contributed by atoms with E-state index >= 15 is 0 Å². The van der Waals surface area contributed by atoms with E-state index < -0.39 is 32.6 Å². The molecule has 2 aromatic carbocycles. The summed E-state index contributed by atoms with van der Waals surface area (Å²) in [6.07, 6.45) is -5.00. The van der Waals surface area contributed by atoms with Crippen LogP contribution in [0.2, 0.25) is 0 Å². The van der Waals surface area contributed by atoms with Crippen LogP contribution in [0.15, 0.2) is 47.4 Å². The van der Waals surface area contributed by atoms with Crippen molar-refractivity contribution in [2.45, 2.75) is 18.0 Å². The Morgan fingerprint density at radius 3 is 2.27 bits per heavy atom. The molecule has 0 radical (unpaired) electrons. The van der Waals surface area contributed by atoms with Crippen molar-refractivity contribution in [3.8, 4) is 5.75 Å². The summed E-state index contributed by atoms with van der Waals surface area (Å²) >= 11 is 0. The summed E-state index contributed by atoms with van der Waals surface area (Å²) in [4.78, 5) is -0.774. The zero-order valence-corrected chi connectivity index (χ0v) is 12.0. The van der Waals surface area contributed by atoms with Gasteiger partial charge in [-0.05, 0) is 36.8 Å². The van der Waals surface area contributed by atoms with Gasteiger partial charge in [-0.25, -0.2) is 4.39 Å². The number of hydrogen-bond donors (Lipinski definition) is 0. The molecule has 0 saturated carbocycles. The van der Waals surface area contributed by atoms with Gasteiger partial charge in [0, 0.05) is 0 Å². The second-order valence-corrected chi connectivity index (χ2v) is 5.99. The predicted octanol–water partition coefficient (Wildman–Crippen LogP) is 3.92. The number of hydrogen-bond acceptors (Lipinski definition) is 3. The molecule has 0 aliphatic rings. The summed E-state index contributed by atoms with van der Waals surface area (Å²) in [7, 11) is -4.50. The maximum Gasteiger partial charge on any atom is 0.419 e. The number of alkyl halides is 3. The molecule has 2 rings (SSSR count). The van der Waals surface area contributed by atoms with Gasteiger partial charge in [0.25, 0.3) is 0 Å². The quantitative estimate of drug-likeness (QED) is 0.631. The van der Waals surface area contributed by atoms with Gasteiger partial charge >= 0.3 is 16.3 Å². The average molecular weight is 334 g/mol. The van der Waals surface area contributed by atoms with Crippen LogP contribution in [0, 0.1) is 12.7 Å². The molecular formula is C14H10F4O3S. The standard InChI is InChI=1S/C14H10F4O3S/c1-9-4-2-3-5-13(9)21-22(19,20)10-6-7-12(15)11(8-10)14(16,17)18/h2-8H,1H3. The Labute approximate surface area is 124 Å². The van der Waals surface area contributed by atoms with Gasteiger partial charge < -0.3 is 4.18 Å². The molecular weight excluding hydrogens is 324 g/mol. The van der Waals surface area contributed by atoms with E-state index in [2.05, 4.69) is 0 Å². The van der Waals surface area contributed by atoms with E-state index in [1.807, 2.05) is 0 Å². The van der Waals surface area contributed by atoms with Crippen LogP contribution in [-0.4, -0.2) is 8.42 Å². The molecule has 8 heteroatoms. The van der Waals surface area contributed by atoms with Crippen LogP contribution in [0.5, 0.6) is 5.75 Å². The topological polar surface area (TPSA) is 43.4 Å². The highest BCUT2D eigenvalue weighted by molar-refractivity contribution is 7.87. The van der Waals surface area contributed by atoms with Crippen molar-refractivity contribution < 1.29 is 30.2 Å². The molecule has 2 aromatic rings. The molecule has 0 N–H and O–H groups in total. The summed E-state index contributed by atoms with van der Waals surface area (Å²) in [6.45, 7) is 1.58. The first kappa shape index (κ1) is 16.3. The number of halogens is 4. The van der Waals surface area contributed by atoms with Gasteiger partial charge in [-0.3, -0.25) is 0 Å². The Bertz CT molecular complexity index is 798. The summed E-state index contributed by atoms with van der Waals surface area (Å²) in [6, 6.07) is 7.48. The Morgan fingerprint density at radius 2 is 1.68 bits per heavy atom. The van der Waals surface area contributed by atoms with Crippen molar-refractivity contribution in [1.29, 1.82) is 0 Å². The number of aryl methyl sites for hydroxylation is 1. The van der Waals surface area contributed by atoms with Crippen molar-refractivity contribution in [3.63, 3.8) is 0 Å². The van der Waals surface area contributed by atoms with Gasteiger partial charge in [0.15, 0.2) is 0 Å². The van der Waals surface area contributed by atoms with Crippen LogP contribution in [-0.2, 0) is 16.3 Å². The SMILES string of the molecule is Cc1ccccc1OS(=O)(=O)c1ccc(F)c(C(F)(F)F)c1. The first-order valence-electron chi connectivity index (χ1n) is 5.98. The molecule has 22 heavy (non-hydrogen) atoms. The molecule has 0 aliphatic carbocycles. The van der Waals surface area contributed by atoms with Crippen LogP contribution in [0.3, 0.4) is 0 Å². The maximum atomic E-state index is 13.2. The highest BCUT2D eigenvalue weighted by atomic mass is 32.2. The minimum absolute atomic E-state index is 0.0135. The van der Waals surface area contributed by atoms with Gasteiger partial charge in [0.2, 0.25) is 0 Å². The van der Waals surface area contributed by atoms with Gasteiger partial charge in [-0.2, -0.15) is 21.6 Å². The smallest absolute Gasteiger partial charge is 0.379 e. The van der Waals surface area contributed by atoms with Gasteiger partial charge in [0.05, 0.1) is 5.56 Å². The fraction of sp³-hybridized carbons (Fsp3) is 0.143. The van der Waals surface area contributed by atoms with E-state index in [0.29, 0.717) is 11.6 Å². The fourth-order valence-electron chi connectivity index (χ4n) is 1.69. The normalized spacial score (nSPS) is 12.2. The largest absolute Gasteiger partial charge is 0.419 e. The first-order chi connectivity index (χ1) is 10.1. The lowest BCUT2D eigenvalue weighted by atomic mass is 10.2. The monoisotopic (exact) mass is 334 g/mol. The molecule has 0 aliphatic heterocycles. The minimum atomic E-state index is -5.00. The predicted molar refractivity (Wildman–Crippen MR) is 70.4 cm³/mol. The number of benzene rings is 2. The van der Waals surface area contributed by atoms with Crippen molar-refractivity contribution in [3.05, 3.63) is 59.4 Å². The molecule has 0 atom stereocenters. The molecule has 0 fully saturated rings. The lowest BCUT2D eigenvalue weighted by molar-refractivity contribution is -0.140. The van der Waals surface area contributed by atoms with Gasteiger partial charge in [-0.15, -0.1) is 0 Å². The molecule has 0 spiro atoms. The molecule has 0 bridgehead atoms. The van der Waals surface area contributed by atoms with Crippen molar-refractivity contribution in [1.82, 2.24) is 0 Å². The van der Waals surface area contributed by atoms with Crippen LogP contribution < -0.4 is 4.18 Å². The highest BCUT2D eigenvalue weighted by Gasteiger charge is 2.35. The second kappa shape index (κ2) is 5.60. The summed E-state index contributed by atoms with van der Waals surface area (Å²) in [5, 5.41) is 0. The highest BCUT2D eigenvalue weighted by Crippen LogP contribution is 2.33. The zero-order chi connectivity index (χ0) is 16.5. The van der Waals surface area contributed by atoms with Crippen LogP contribution in [0.1, 0.15) is 11.1 Å². The van der Waals surface area contributed by atoms with Crippen LogP contribution in [0.4, 0.5) is 17.6 Å². The minimum Gasteiger partial charge on any atom is -0.379 e.